The molecule has 13 heteroatoms. The van der Waals surface area contributed by atoms with Crippen LogP contribution in [-0.4, -0.2) is 63.2 Å². The number of aliphatic hydroxyl groups is 2. The zero-order valence-electron chi connectivity index (χ0n) is 14.7. The highest BCUT2D eigenvalue weighted by atomic mass is 32.3. The highest BCUT2D eigenvalue weighted by molar-refractivity contribution is 7.99. The van der Waals surface area contributed by atoms with E-state index in [1.807, 2.05) is 0 Å². The number of rotatable bonds is 7. The minimum Gasteiger partial charge on any atom is -0.365 e. The quantitative estimate of drug-likeness (QED) is 0.287. The first-order valence-corrected chi connectivity index (χ1v) is 10.4. The number of ether oxygens (including phenoxy) is 2. The van der Waals surface area contributed by atoms with Gasteiger partial charge >= 0.3 is 20.5 Å². The molecule has 0 aromatic heterocycles. The standard InChI is InChI=1S/C15H18O11S2/c1-24-15(25-2)9-14(17,18)11(13(16)10-6-4-3-5-7-10)8-12(15)27(19,20)26-28(21,22)23/h3-8,11,17-18H,9H2,1-2H3,(H,21,22,23). The van der Waals surface area contributed by atoms with E-state index < -0.39 is 55.1 Å². The molecule has 1 aromatic carbocycles. The van der Waals surface area contributed by atoms with Gasteiger partial charge in [0.05, 0.1) is 12.3 Å². The highest BCUT2D eigenvalue weighted by Crippen LogP contribution is 2.44. The molecule has 1 aliphatic rings. The number of hydrogen-bond acceptors (Lipinski definition) is 10. The van der Waals surface area contributed by atoms with Gasteiger partial charge in [-0.3, -0.25) is 9.35 Å². The first kappa shape index (κ1) is 22.6. The summed E-state index contributed by atoms with van der Waals surface area (Å²) in [7, 11) is -8.83. The van der Waals surface area contributed by atoms with Crippen molar-refractivity contribution in [2.75, 3.05) is 14.2 Å². The second-order valence-corrected chi connectivity index (χ2v) is 8.65. The van der Waals surface area contributed by atoms with E-state index in [-0.39, 0.29) is 5.56 Å². The van der Waals surface area contributed by atoms with Crippen molar-refractivity contribution in [3.63, 3.8) is 0 Å². The third kappa shape index (κ3) is 4.47. The smallest absolute Gasteiger partial charge is 0.365 e. The van der Waals surface area contributed by atoms with Crippen molar-refractivity contribution in [1.29, 1.82) is 0 Å². The van der Waals surface area contributed by atoms with Gasteiger partial charge in [-0.25, -0.2) is 0 Å². The lowest BCUT2D eigenvalue weighted by Gasteiger charge is -2.43. The second-order valence-electron chi connectivity index (χ2n) is 5.91. The Morgan fingerprint density at radius 1 is 1.07 bits per heavy atom. The van der Waals surface area contributed by atoms with E-state index in [1.54, 1.807) is 6.07 Å². The van der Waals surface area contributed by atoms with E-state index in [0.717, 1.165) is 14.2 Å². The summed E-state index contributed by atoms with van der Waals surface area (Å²) < 4.78 is 69.0. The Hall–Kier alpha value is -1.71. The lowest BCUT2D eigenvalue weighted by Crippen LogP contribution is -2.56. The van der Waals surface area contributed by atoms with Gasteiger partial charge in [-0.1, -0.05) is 30.3 Å². The molecule has 0 saturated heterocycles. The first-order chi connectivity index (χ1) is 12.8. The van der Waals surface area contributed by atoms with Crippen molar-refractivity contribution in [1.82, 2.24) is 0 Å². The molecule has 0 aliphatic heterocycles. The lowest BCUT2D eigenvalue weighted by atomic mass is 9.80. The summed E-state index contributed by atoms with van der Waals surface area (Å²) in [6.07, 6.45) is -0.428. The van der Waals surface area contributed by atoms with Gasteiger partial charge in [-0.2, -0.15) is 16.8 Å². The first-order valence-electron chi connectivity index (χ1n) is 7.58. The van der Waals surface area contributed by atoms with E-state index in [9.17, 15) is 31.8 Å². The van der Waals surface area contributed by atoms with Crippen molar-refractivity contribution in [2.45, 2.75) is 18.0 Å². The van der Waals surface area contributed by atoms with Gasteiger partial charge in [0.2, 0.25) is 5.79 Å². The molecule has 0 bridgehead atoms. The predicted octanol–water partition coefficient (Wildman–Crippen LogP) is -0.408. The van der Waals surface area contributed by atoms with Crippen LogP contribution in [0.25, 0.3) is 0 Å². The third-order valence-electron chi connectivity index (χ3n) is 4.13. The summed E-state index contributed by atoms with van der Waals surface area (Å²) >= 11 is 0. The number of methoxy groups -OCH3 is 2. The molecule has 1 aromatic rings. The van der Waals surface area contributed by atoms with Gasteiger partial charge in [0.25, 0.3) is 0 Å². The Bertz CT molecular complexity index is 974. The molecule has 0 saturated carbocycles. The maximum absolute atomic E-state index is 12.7. The highest BCUT2D eigenvalue weighted by Gasteiger charge is 2.57. The molecule has 2 rings (SSSR count). The van der Waals surface area contributed by atoms with Crippen LogP contribution in [0, 0.1) is 5.92 Å². The van der Waals surface area contributed by atoms with Crippen molar-refractivity contribution in [3.8, 4) is 0 Å². The second kappa shape index (κ2) is 7.61. The van der Waals surface area contributed by atoms with Gasteiger partial charge in [0.1, 0.15) is 4.91 Å². The van der Waals surface area contributed by atoms with Gasteiger partial charge in [-0.15, -0.1) is 3.63 Å². The van der Waals surface area contributed by atoms with E-state index in [1.165, 1.54) is 24.3 Å². The molecule has 1 atom stereocenters. The maximum atomic E-state index is 12.7. The molecule has 28 heavy (non-hydrogen) atoms. The molecule has 3 N–H and O–H groups in total. The largest absolute Gasteiger partial charge is 0.412 e. The Labute approximate surface area is 161 Å². The summed E-state index contributed by atoms with van der Waals surface area (Å²) in [5.41, 5.74) is 0.0333. The monoisotopic (exact) mass is 438 g/mol. The number of benzene rings is 1. The Kier molecular flexibility index (Phi) is 6.13. The van der Waals surface area contributed by atoms with Crippen molar-refractivity contribution in [3.05, 3.63) is 46.9 Å². The third-order valence-corrected chi connectivity index (χ3v) is 6.52. The van der Waals surface area contributed by atoms with Crippen LogP contribution in [0.4, 0.5) is 0 Å². The molecule has 0 heterocycles. The molecular formula is C15H18O11S2. The molecule has 1 unspecified atom stereocenters. The van der Waals surface area contributed by atoms with E-state index in [2.05, 4.69) is 3.63 Å². The zero-order valence-corrected chi connectivity index (χ0v) is 16.3. The van der Waals surface area contributed by atoms with Gasteiger partial charge in [0, 0.05) is 19.8 Å². The topological polar surface area (TPSA) is 174 Å². The number of Topliss-reactive ketones (excluding diaryl/α,β-unsaturated/α-hetero) is 1. The van der Waals surface area contributed by atoms with Crippen molar-refractivity contribution >= 4 is 26.3 Å². The maximum Gasteiger partial charge on any atom is 0.412 e. The summed E-state index contributed by atoms with van der Waals surface area (Å²) in [6, 6.07) is 7.34. The summed E-state index contributed by atoms with van der Waals surface area (Å²) in [6.45, 7) is 0. The molecule has 0 spiro atoms. The molecular weight excluding hydrogens is 420 g/mol. The summed E-state index contributed by atoms with van der Waals surface area (Å²) in [5, 5.41) is 20.8. The zero-order chi connectivity index (χ0) is 21.4. The van der Waals surface area contributed by atoms with E-state index in [4.69, 9.17) is 14.0 Å². The normalized spacial score (nSPS) is 21.8. The van der Waals surface area contributed by atoms with Crippen LogP contribution in [0.1, 0.15) is 16.8 Å². The van der Waals surface area contributed by atoms with Gasteiger partial charge < -0.3 is 19.7 Å². The number of carbonyl (C=O) groups excluding carboxylic acids is 1. The average Bonchev–Trinajstić information content (AvgIpc) is 2.58. The number of carbonyl (C=O) groups is 1. The summed E-state index contributed by atoms with van der Waals surface area (Å²) in [4.78, 5) is 11.7. The van der Waals surface area contributed by atoms with Crippen LogP contribution in [0.15, 0.2) is 41.3 Å². The fourth-order valence-electron chi connectivity index (χ4n) is 2.87. The fraction of sp³-hybridized carbons (Fsp3) is 0.400. The lowest BCUT2D eigenvalue weighted by molar-refractivity contribution is -0.271. The molecule has 0 fully saturated rings. The van der Waals surface area contributed by atoms with Crippen LogP contribution in [0.5, 0.6) is 0 Å². The van der Waals surface area contributed by atoms with Crippen molar-refractivity contribution in [2.24, 2.45) is 5.92 Å². The van der Waals surface area contributed by atoms with Crippen LogP contribution in [-0.2, 0) is 33.6 Å². The SMILES string of the molecule is COC1(OC)CC(O)(O)C(C(=O)c2ccccc2)C=C1S(=O)(=O)OS(=O)(=O)O. The van der Waals surface area contributed by atoms with Gasteiger partial charge in [0.15, 0.2) is 11.6 Å². The Morgan fingerprint density at radius 3 is 2.07 bits per heavy atom. The molecule has 1 aliphatic carbocycles. The Morgan fingerprint density at radius 2 is 1.61 bits per heavy atom. The van der Waals surface area contributed by atoms with Crippen LogP contribution < -0.4 is 0 Å². The molecule has 11 nitrogen and oxygen atoms in total. The molecule has 0 radical (unpaired) electrons. The molecule has 156 valence electrons. The van der Waals surface area contributed by atoms with Crippen molar-refractivity contribution < 1.29 is 49.5 Å². The minimum absolute atomic E-state index is 0.0333. The average molecular weight is 438 g/mol. The number of ketones is 1. The Balaban J connectivity index is 2.69. The van der Waals surface area contributed by atoms with E-state index in [0.29, 0.717) is 6.08 Å². The minimum atomic E-state index is -5.47. The fourth-order valence-corrected chi connectivity index (χ4v) is 4.99. The summed E-state index contributed by atoms with van der Waals surface area (Å²) in [5.74, 6) is -7.94. The van der Waals surface area contributed by atoms with Gasteiger partial charge in [-0.05, 0) is 6.08 Å². The van der Waals surface area contributed by atoms with Crippen LogP contribution in [0.2, 0.25) is 0 Å². The van der Waals surface area contributed by atoms with Crippen LogP contribution >= 0.6 is 0 Å². The van der Waals surface area contributed by atoms with E-state index >= 15 is 0 Å². The number of hydrogen-bond donors (Lipinski definition) is 3. The molecule has 0 amide bonds. The van der Waals surface area contributed by atoms with Crippen LogP contribution in [0.3, 0.4) is 0 Å². The predicted molar refractivity (Wildman–Crippen MR) is 92.4 cm³/mol.